The molecule has 1 aliphatic rings. The number of hydrogen-bond donors (Lipinski definition) is 3. The normalized spacial score (nSPS) is 12.7. The molecule has 0 atom stereocenters. The summed E-state index contributed by atoms with van der Waals surface area (Å²) in [7, 11) is 0. The Morgan fingerprint density at radius 3 is 2.38 bits per heavy atom. The van der Waals surface area contributed by atoms with Gasteiger partial charge in [-0.25, -0.2) is 4.79 Å². The van der Waals surface area contributed by atoms with E-state index in [-0.39, 0.29) is 30.7 Å². The van der Waals surface area contributed by atoms with E-state index in [1.807, 2.05) is 4.90 Å². The van der Waals surface area contributed by atoms with Crippen LogP contribution in [-0.2, 0) is 20.7 Å². The largest absolute Gasteiger partial charge is 0.466 e. The Labute approximate surface area is 229 Å². The van der Waals surface area contributed by atoms with E-state index in [9.17, 15) is 14.4 Å². The lowest BCUT2D eigenvalue weighted by atomic mass is 10.00. The summed E-state index contributed by atoms with van der Waals surface area (Å²) in [4.78, 5) is 38.9. The number of nitrogens with zero attached hydrogens (tertiary/aromatic N) is 1. The number of alkyl carbamates (subject to hydrolysis) is 1. The van der Waals surface area contributed by atoms with Gasteiger partial charge in [0.05, 0.1) is 19.6 Å². The molecule has 2 amide bonds. The van der Waals surface area contributed by atoms with Crippen LogP contribution in [0.15, 0.2) is 42.5 Å². The lowest BCUT2D eigenvalue weighted by Gasteiger charge is -2.19. The molecular formula is C30H36N4O5. The van der Waals surface area contributed by atoms with Gasteiger partial charge in [-0.05, 0) is 88.6 Å². The Balaban J connectivity index is 1.61. The number of esters is 1. The smallest absolute Gasteiger partial charge is 0.413 e. The minimum absolute atomic E-state index is 0.0145. The zero-order chi connectivity index (χ0) is 28.4. The molecule has 0 spiro atoms. The van der Waals surface area contributed by atoms with E-state index < -0.39 is 11.7 Å². The number of carbonyl (C=O) groups is 3. The highest BCUT2D eigenvalue weighted by Gasteiger charge is 2.23. The van der Waals surface area contributed by atoms with E-state index in [1.165, 1.54) is 0 Å². The number of rotatable bonds is 7. The average molecular weight is 533 g/mol. The second-order valence-electron chi connectivity index (χ2n) is 10.1. The first-order valence-corrected chi connectivity index (χ1v) is 13.1. The summed E-state index contributed by atoms with van der Waals surface area (Å²) in [5.74, 6) is 5.64. The van der Waals surface area contributed by atoms with Crippen LogP contribution in [0, 0.1) is 17.3 Å². The zero-order valence-electron chi connectivity index (χ0n) is 23.0. The van der Waals surface area contributed by atoms with Gasteiger partial charge in [0.1, 0.15) is 11.4 Å². The van der Waals surface area contributed by atoms with Gasteiger partial charge in [0.2, 0.25) is 0 Å². The molecule has 1 saturated heterocycles. The van der Waals surface area contributed by atoms with Crippen LogP contribution in [0.1, 0.15) is 67.6 Å². The molecule has 0 unspecified atom stereocenters. The maximum Gasteiger partial charge on any atom is 0.413 e. The predicted molar refractivity (Wildman–Crippen MR) is 150 cm³/mol. The van der Waals surface area contributed by atoms with Crippen molar-refractivity contribution in [2.45, 2.75) is 52.6 Å². The van der Waals surface area contributed by atoms with E-state index in [0.717, 1.165) is 31.6 Å². The van der Waals surface area contributed by atoms with Gasteiger partial charge in [-0.15, -0.1) is 0 Å². The molecule has 39 heavy (non-hydrogen) atoms. The SMILES string of the molecule is CCOC(=O)Cc1cc(C#CCNc2ccc(C(=N)NC(=O)OC(C)(C)C)cc2)ccc1C(=O)N1CCCC1. The van der Waals surface area contributed by atoms with Crippen molar-refractivity contribution < 1.29 is 23.9 Å². The maximum absolute atomic E-state index is 13.0. The van der Waals surface area contributed by atoms with E-state index in [4.69, 9.17) is 14.9 Å². The fourth-order valence-electron chi connectivity index (χ4n) is 4.01. The minimum Gasteiger partial charge on any atom is -0.466 e. The lowest BCUT2D eigenvalue weighted by Crippen LogP contribution is -2.36. The summed E-state index contributed by atoms with van der Waals surface area (Å²) in [5, 5.41) is 13.7. The quantitative estimate of drug-likeness (QED) is 0.211. The highest BCUT2D eigenvalue weighted by molar-refractivity contribution is 6.04. The van der Waals surface area contributed by atoms with E-state index in [2.05, 4.69) is 22.5 Å². The molecule has 0 aromatic heterocycles. The third-order valence-electron chi connectivity index (χ3n) is 5.78. The van der Waals surface area contributed by atoms with Crippen LogP contribution >= 0.6 is 0 Å². The van der Waals surface area contributed by atoms with Crippen LogP contribution in [0.25, 0.3) is 0 Å². The molecule has 2 aromatic carbocycles. The van der Waals surface area contributed by atoms with Crippen molar-refractivity contribution in [3.8, 4) is 11.8 Å². The van der Waals surface area contributed by atoms with Crippen LogP contribution in [-0.4, -0.2) is 60.5 Å². The molecule has 0 bridgehead atoms. The molecule has 0 radical (unpaired) electrons. The van der Waals surface area contributed by atoms with Gasteiger partial charge < -0.3 is 19.7 Å². The molecule has 0 saturated carbocycles. The van der Waals surface area contributed by atoms with Crippen molar-refractivity contribution >= 4 is 29.5 Å². The molecule has 1 aliphatic heterocycles. The number of amidine groups is 1. The summed E-state index contributed by atoms with van der Waals surface area (Å²) < 4.78 is 10.3. The first kappa shape index (κ1) is 29.2. The van der Waals surface area contributed by atoms with Crippen molar-refractivity contribution in [1.29, 1.82) is 5.41 Å². The van der Waals surface area contributed by atoms with Crippen molar-refractivity contribution in [3.63, 3.8) is 0 Å². The van der Waals surface area contributed by atoms with Crippen LogP contribution in [0.5, 0.6) is 0 Å². The predicted octanol–water partition coefficient (Wildman–Crippen LogP) is 4.34. The first-order valence-electron chi connectivity index (χ1n) is 13.1. The Hall–Kier alpha value is -4.32. The van der Waals surface area contributed by atoms with Gasteiger partial charge in [0, 0.05) is 35.5 Å². The lowest BCUT2D eigenvalue weighted by molar-refractivity contribution is -0.142. The number of benzene rings is 2. The van der Waals surface area contributed by atoms with E-state index >= 15 is 0 Å². The van der Waals surface area contributed by atoms with Gasteiger partial charge in [-0.2, -0.15) is 0 Å². The minimum atomic E-state index is -0.677. The third-order valence-corrected chi connectivity index (χ3v) is 5.78. The molecule has 1 fully saturated rings. The molecule has 0 aliphatic carbocycles. The zero-order valence-corrected chi connectivity index (χ0v) is 23.0. The van der Waals surface area contributed by atoms with Crippen LogP contribution in [0.4, 0.5) is 10.5 Å². The Morgan fingerprint density at radius 1 is 1.05 bits per heavy atom. The number of carbonyl (C=O) groups excluding carboxylic acids is 3. The van der Waals surface area contributed by atoms with Gasteiger partial charge in [-0.1, -0.05) is 11.8 Å². The molecule has 3 rings (SSSR count). The summed E-state index contributed by atoms with van der Waals surface area (Å²) in [6, 6.07) is 12.3. The first-order chi connectivity index (χ1) is 18.6. The highest BCUT2D eigenvalue weighted by atomic mass is 16.6. The molecule has 206 valence electrons. The Morgan fingerprint density at radius 2 is 1.74 bits per heavy atom. The van der Waals surface area contributed by atoms with Gasteiger partial charge in [0.25, 0.3) is 5.91 Å². The summed E-state index contributed by atoms with van der Waals surface area (Å²) in [6.45, 7) is 9.12. The Bertz CT molecular complexity index is 1260. The fourth-order valence-corrected chi connectivity index (χ4v) is 4.01. The van der Waals surface area contributed by atoms with Crippen molar-refractivity contribution in [2.75, 3.05) is 31.6 Å². The fraction of sp³-hybridized carbons (Fsp3) is 0.400. The number of hydrogen-bond acceptors (Lipinski definition) is 7. The van der Waals surface area contributed by atoms with Crippen molar-refractivity contribution in [1.82, 2.24) is 10.2 Å². The number of nitrogens with one attached hydrogen (secondary N) is 3. The molecule has 9 nitrogen and oxygen atoms in total. The molecule has 3 N–H and O–H groups in total. The van der Waals surface area contributed by atoms with E-state index in [0.29, 0.717) is 28.8 Å². The summed E-state index contributed by atoms with van der Waals surface area (Å²) >= 11 is 0. The number of ether oxygens (including phenoxy) is 2. The standard InChI is InChI=1S/C30H36N4O5/c1-5-38-26(35)20-23-19-21(10-15-25(23)28(36)34-17-6-7-18-34)9-8-16-32-24-13-11-22(12-14-24)27(31)33-29(37)39-30(2,3)4/h10-15,19,32H,5-7,16-18,20H2,1-4H3,(H2,31,33,37). The van der Waals surface area contributed by atoms with Gasteiger partial charge in [0.15, 0.2) is 0 Å². The average Bonchev–Trinajstić information content (AvgIpc) is 3.41. The summed E-state index contributed by atoms with van der Waals surface area (Å²) in [5.41, 5.74) is 2.52. The maximum atomic E-state index is 13.0. The molecule has 2 aromatic rings. The molecule has 9 heteroatoms. The van der Waals surface area contributed by atoms with E-state index in [1.54, 1.807) is 70.2 Å². The van der Waals surface area contributed by atoms with Crippen LogP contribution < -0.4 is 10.6 Å². The van der Waals surface area contributed by atoms with Crippen molar-refractivity contribution in [3.05, 3.63) is 64.7 Å². The molecule has 1 heterocycles. The second kappa shape index (κ2) is 13.5. The summed E-state index contributed by atoms with van der Waals surface area (Å²) in [6.07, 6.45) is 1.32. The topological polar surface area (TPSA) is 121 Å². The number of likely N-dealkylation sites (tertiary alicyclic amines) is 1. The highest BCUT2D eigenvalue weighted by Crippen LogP contribution is 2.19. The van der Waals surface area contributed by atoms with Gasteiger partial charge in [-0.3, -0.25) is 20.3 Å². The number of amides is 2. The third kappa shape index (κ3) is 9.18. The Kier molecular flexibility index (Phi) is 10.1. The van der Waals surface area contributed by atoms with Crippen LogP contribution in [0.3, 0.4) is 0 Å². The number of anilines is 1. The monoisotopic (exact) mass is 532 g/mol. The van der Waals surface area contributed by atoms with Crippen LogP contribution in [0.2, 0.25) is 0 Å². The molecular weight excluding hydrogens is 496 g/mol. The second-order valence-corrected chi connectivity index (χ2v) is 10.1. The van der Waals surface area contributed by atoms with Gasteiger partial charge >= 0.3 is 12.1 Å². The van der Waals surface area contributed by atoms with Crippen molar-refractivity contribution in [2.24, 2.45) is 0 Å².